The van der Waals surface area contributed by atoms with Gasteiger partial charge in [0, 0.05) is 6.54 Å². The normalized spacial score (nSPS) is 13.5. The van der Waals surface area contributed by atoms with Crippen molar-refractivity contribution in [3.05, 3.63) is 47.3 Å². The Bertz CT molecular complexity index is 744. The van der Waals surface area contributed by atoms with Crippen LogP contribution in [0.15, 0.2) is 33.5 Å². The number of carbonyl (C=O) groups excluding carboxylic acids is 2. The minimum atomic E-state index is -0.581. The molecule has 25 heavy (non-hydrogen) atoms. The Labute approximate surface area is 148 Å². The smallest absolute Gasteiger partial charge is 0.255 e. The van der Waals surface area contributed by atoms with Crippen molar-refractivity contribution in [1.82, 2.24) is 10.6 Å². The second-order valence-corrected chi connectivity index (χ2v) is 7.08. The van der Waals surface area contributed by atoms with Crippen molar-refractivity contribution in [3.8, 4) is 0 Å². The van der Waals surface area contributed by atoms with Gasteiger partial charge in [0.25, 0.3) is 11.8 Å². The van der Waals surface area contributed by atoms with E-state index in [2.05, 4.69) is 24.5 Å². The summed E-state index contributed by atoms with van der Waals surface area (Å²) in [6, 6.07) is 3.28. The highest BCUT2D eigenvalue weighted by Crippen LogP contribution is 2.19. The molecule has 0 fully saturated rings. The van der Waals surface area contributed by atoms with Gasteiger partial charge < -0.3 is 19.5 Å². The molecule has 0 aliphatic rings. The molecule has 1 unspecified atom stereocenters. The van der Waals surface area contributed by atoms with Crippen LogP contribution in [0.3, 0.4) is 0 Å². The maximum absolute atomic E-state index is 12.6. The molecule has 0 saturated heterocycles. The fourth-order valence-corrected chi connectivity index (χ4v) is 3.02. The minimum absolute atomic E-state index is 0.205. The molecule has 6 heteroatoms. The molecule has 2 N–H and O–H groups in total. The largest absolute Gasteiger partial charge is 0.469 e. The summed E-state index contributed by atoms with van der Waals surface area (Å²) in [5.41, 5.74) is 0.429. The van der Waals surface area contributed by atoms with Crippen molar-refractivity contribution >= 4 is 11.8 Å². The van der Waals surface area contributed by atoms with Gasteiger partial charge in [0.15, 0.2) is 0 Å². The Kier molecular flexibility index (Phi) is 5.72. The van der Waals surface area contributed by atoms with Crippen LogP contribution < -0.4 is 10.6 Å². The number of furan rings is 2. The molecule has 0 saturated carbocycles. The van der Waals surface area contributed by atoms with Crippen molar-refractivity contribution in [2.24, 2.45) is 5.92 Å². The second-order valence-electron chi connectivity index (χ2n) is 7.08. The number of aryl methyl sites for hydroxylation is 2. The van der Waals surface area contributed by atoms with Crippen molar-refractivity contribution in [2.75, 3.05) is 6.54 Å². The lowest BCUT2D eigenvalue weighted by molar-refractivity contribution is 0.0859. The third-order valence-corrected chi connectivity index (χ3v) is 4.12. The van der Waals surface area contributed by atoms with Gasteiger partial charge in [0.1, 0.15) is 11.5 Å². The van der Waals surface area contributed by atoms with Gasteiger partial charge in [-0.15, -0.1) is 0 Å². The molecular formula is C19H26N2O4. The molecule has 0 bridgehead atoms. The standard InChI is InChI=1S/C19H26N2O4/c1-12(2)10-19(5,21-18(23)16-7-9-25-14(16)4)11-20-17(22)15-6-8-24-13(15)3/h6-9,12H,10-11H2,1-5H3,(H,20,22)(H,21,23). The predicted octanol–water partition coefficient (Wildman–Crippen LogP) is 3.45. The number of hydrogen-bond acceptors (Lipinski definition) is 4. The van der Waals surface area contributed by atoms with E-state index in [0.717, 1.165) is 6.42 Å². The van der Waals surface area contributed by atoms with E-state index in [1.807, 2.05) is 6.92 Å². The van der Waals surface area contributed by atoms with Crippen LogP contribution >= 0.6 is 0 Å². The van der Waals surface area contributed by atoms with Crippen LogP contribution in [-0.4, -0.2) is 23.9 Å². The van der Waals surface area contributed by atoms with E-state index >= 15 is 0 Å². The van der Waals surface area contributed by atoms with Crippen molar-refractivity contribution in [2.45, 2.75) is 46.6 Å². The topological polar surface area (TPSA) is 84.5 Å². The molecule has 6 nitrogen and oxygen atoms in total. The van der Waals surface area contributed by atoms with Gasteiger partial charge in [0.2, 0.25) is 0 Å². The lowest BCUT2D eigenvalue weighted by atomic mass is 9.90. The van der Waals surface area contributed by atoms with Gasteiger partial charge in [-0.3, -0.25) is 9.59 Å². The van der Waals surface area contributed by atoms with Crippen LogP contribution in [0.4, 0.5) is 0 Å². The molecule has 0 aliphatic heterocycles. The van der Waals surface area contributed by atoms with Gasteiger partial charge in [-0.2, -0.15) is 0 Å². The quantitative estimate of drug-likeness (QED) is 0.804. The zero-order chi connectivity index (χ0) is 18.6. The third-order valence-electron chi connectivity index (χ3n) is 4.12. The average Bonchev–Trinajstić information content (AvgIpc) is 3.12. The summed E-state index contributed by atoms with van der Waals surface area (Å²) in [7, 11) is 0. The van der Waals surface area contributed by atoms with Gasteiger partial charge in [0.05, 0.1) is 29.2 Å². The molecule has 2 heterocycles. The summed E-state index contributed by atoms with van der Waals surface area (Å²) in [5, 5.41) is 5.95. The van der Waals surface area contributed by atoms with Gasteiger partial charge in [-0.25, -0.2) is 0 Å². The van der Waals surface area contributed by atoms with Crippen LogP contribution in [0.25, 0.3) is 0 Å². The van der Waals surface area contributed by atoms with Crippen LogP contribution in [0.1, 0.15) is 59.4 Å². The molecule has 0 aliphatic carbocycles. The molecular weight excluding hydrogens is 320 g/mol. The third kappa shape index (κ3) is 4.75. The fraction of sp³-hybridized carbons (Fsp3) is 0.474. The maximum Gasteiger partial charge on any atom is 0.255 e. The van der Waals surface area contributed by atoms with Crippen molar-refractivity contribution in [1.29, 1.82) is 0 Å². The van der Waals surface area contributed by atoms with Gasteiger partial charge >= 0.3 is 0 Å². The zero-order valence-electron chi connectivity index (χ0n) is 15.4. The second kappa shape index (κ2) is 7.59. The Morgan fingerprint density at radius 2 is 1.56 bits per heavy atom. The monoisotopic (exact) mass is 346 g/mol. The summed E-state index contributed by atoms with van der Waals surface area (Å²) >= 11 is 0. The summed E-state index contributed by atoms with van der Waals surface area (Å²) in [5.74, 6) is 1.07. The Hall–Kier alpha value is -2.50. The zero-order valence-corrected chi connectivity index (χ0v) is 15.4. The maximum atomic E-state index is 12.6. The van der Waals surface area contributed by atoms with Crippen LogP contribution in [0.2, 0.25) is 0 Å². The summed E-state index contributed by atoms with van der Waals surface area (Å²) in [6.07, 6.45) is 3.70. The Balaban J connectivity index is 2.08. The number of carbonyl (C=O) groups is 2. The number of rotatable bonds is 7. The van der Waals surface area contributed by atoms with Crippen molar-refractivity contribution in [3.63, 3.8) is 0 Å². The predicted molar refractivity (Wildman–Crippen MR) is 94.5 cm³/mol. The van der Waals surface area contributed by atoms with E-state index in [1.54, 1.807) is 26.0 Å². The van der Waals surface area contributed by atoms with E-state index in [-0.39, 0.29) is 11.8 Å². The SMILES string of the molecule is Cc1occc1C(=O)NCC(C)(CC(C)C)NC(=O)c1ccoc1C. The van der Waals surface area contributed by atoms with Crippen molar-refractivity contribution < 1.29 is 18.4 Å². The highest BCUT2D eigenvalue weighted by atomic mass is 16.3. The van der Waals surface area contributed by atoms with E-state index in [1.165, 1.54) is 12.5 Å². The molecule has 2 rings (SSSR count). The fourth-order valence-electron chi connectivity index (χ4n) is 3.02. The molecule has 0 aromatic carbocycles. The Morgan fingerprint density at radius 3 is 2.00 bits per heavy atom. The highest BCUT2D eigenvalue weighted by molar-refractivity contribution is 5.96. The summed E-state index contributed by atoms with van der Waals surface area (Å²) in [4.78, 5) is 24.9. The van der Waals surface area contributed by atoms with Gasteiger partial charge in [-0.05, 0) is 45.2 Å². The summed E-state index contributed by atoms with van der Waals surface area (Å²) in [6.45, 7) is 9.90. The van der Waals surface area contributed by atoms with Crippen LogP contribution in [-0.2, 0) is 0 Å². The average molecular weight is 346 g/mol. The van der Waals surface area contributed by atoms with E-state index in [0.29, 0.717) is 35.1 Å². The first-order valence-electron chi connectivity index (χ1n) is 8.41. The summed E-state index contributed by atoms with van der Waals surface area (Å²) < 4.78 is 10.4. The van der Waals surface area contributed by atoms with Crippen LogP contribution in [0.5, 0.6) is 0 Å². The lowest BCUT2D eigenvalue weighted by Crippen LogP contribution is -2.54. The molecule has 0 spiro atoms. The molecule has 2 amide bonds. The minimum Gasteiger partial charge on any atom is -0.469 e. The molecule has 2 aromatic heterocycles. The first-order valence-corrected chi connectivity index (χ1v) is 8.41. The number of amides is 2. The van der Waals surface area contributed by atoms with E-state index in [9.17, 15) is 9.59 Å². The number of nitrogens with one attached hydrogen (secondary N) is 2. The highest BCUT2D eigenvalue weighted by Gasteiger charge is 2.30. The van der Waals surface area contributed by atoms with Crippen LogP contribution in [0, 0.1) is 19.8 Å². The van der Waals surface area contributed by atoms with E-state index < -0.39 is 5.54 Å². The first kappa shape index (κ1) is 18.8. The molecule has 1 atom stereocenters. The molecule has 136 valence electrons. The molecule has 2 aromatic rings. The van der Waals surface area contributed by atoms with Gasteiger partial charge in [-0.1, -0.05) is 13.8 Å². The Morgan fingerprint density at radius 1 is 1.04 bits per heavy atom. The number of hydrogen-bond donors (Lipinski definition) is 2. The van der Waals surface area contributed by atoms with E-state index in [4.69, 9.17) is 8.83 Å². The lowest BCUT2D eigenvalue weighted by Gasteiger charge is -2.32. The molecule has 0 radical (unpaired) electrons. The first-order chi connectivity index (χ1) is 11.7.